The number of rotatable bonds is 4. The standard InChI is InChI=1S/C20H25NO3.ClH/c1-15(19(23)16-7-9-18(22)10-8-16)21-13-11-20(24,12-14-21)17-5-3-2-4-6-17;/h2-10,15,19,22-24H,11-14H2,1H3;1H. The zero-order valence-corrected chi connectivity index (χ0v) is 15.2. The zero-order chi connectivity index (χ0) is 17.2. The fourth-order valence-electron chi connectivity index (χ4n) is 3.49. The summed E-state index contributed by atoms with van der Waals surface area (Å²) in [6.45, 7) is 3.48. The summed E-state index contributed by atoms with van der Waals surface area (Å²) < 4.78 is 0. The molecule has 0 amide bonds. The van der Waals surface area contributed by atoms with Crippen LogP contribution in [0.1, 0.15) is 37.0 Å². The Bertz CT molecular complexity index is 654. The van der Waals surface area contributed by atoms with Crippen molar-refractivity contribution in [2.24, 2.45) is 0 Å². The maximum atomic E-state index is 10.9. The molecule has 136 valence electrons. The van der Waals surface area contributed by atoms with E-state index in [2.05, 4.69) is 4.90 Å². The predicted octanol–water partition coefficient (Wildman–Crippen LogP) is 3.22. The van der Waals surface area contributed by atoms with Crippen LogP contribution in [0.2, 0.25) is 0 Å². The number of benzene rings is 2. The van der Waals surface area contributed by atoms with Crippen LogP contribution in [-0.4, -0.2) is 39.4 Å². The molecule has 1 aliphatic rings. The number of hydrogen-bond acceptors (Lipinski definition) is 4. The number of aromatic hydroxyl groups is 1. The van der Waals surface area contributed by atoms with Crippen molar-refractivity contribution in [3.05, 3.63) is 65.7 Å². The van der Waals surface area contributed by atoms with Crippen LogP contribution in [-0.2, 0) is 5.60 Å². The van der Waals surface area contributed by atoms with E-state index in [-0.39, 0.29) is 24.2 Å². The molecule has 0 bridgehead atoms. The molecule has 4 nitrogen and oxygen atoms in total. The fraction of sp³-hybridized carbons (Fsp3) is 0.400. The molecule has 1 saturated heterocycles. The topological polar surface area (TPSA) is 63.9 Å². The number of phenols is 1. The first-order valence-corrected chi connectivity index (χ1v) is 8.48. The van der Waals surface area contributed by atoms with Gasteiger partial charge in [0.05, 0.1) is 11.7 Å². The van der Waals surface area contributed by atoms with Crippen molar-refractivity contribution in [2.75, 3.05) is 13.1 Å². The lowest BCUT2D eigenvalue weighted by Gasteiger charge is -2.42. The Labute approximate surface area is 155 Å². The van der Waals surface area contributed by atoms with Crippen molar-refractivity contribution in [2.45, 2.75) is 37.5 Å². The number of nitrogens with zero attached hydrogens (tertiary/aromatic N) is 1. The van der Waals surface area contributed by atoms with Crippen LogP contribution in [0.15, 0.2) is 54.6 Å². The maximum absolute atomic E-state index is 10.9. The number of aliphatic hydroxyl groups excluding tert-OH is 1. The van der Waals surface area contributed by atoms with Gasteiger partial charge in [-0.15, -0.1) is 12.4 Å². The average Bonchev–Trinajstić information content (AvgIpc) is 2.62. The molecule has 2 aromatic carbocycles. The van der Waals surface area contributed by atoms with Gasteiger partial charge in [-0.05, 0) is 43.0 Å². The lowest BCUT2D eigenvalue weighted by atomic mass is 9.83. The summed E-state index contributed by atoms with van der Waals surface area (Å²) in [5, 5.41) is 30.9. The van der Waals surface area contributed by atoms with Crippen LogP contribution in [0.3, 0.4) is 0 Å². The Morgan fingerprint density at radius 3 is 2.08 bits per heavy atom. The molecule has 1 heterocycles. The third-order valence-corrected chi connectivity index (χ3v) is 5.20. The minimum atomic E-state index is -0.777. The molecule has 5 heteroatoms. The van der Waals surface area contributed by atoms with Crippen LogP contribution in [0.5, 0.6) is 5.75 Å². The summed E-state index contributed by atoms with van der Waals surface area (Å²) in [4.78, 5) is 2.22. The molecule has 1 aliphatic heterocycles. The van der Waals surface area contributed by atoms with Crippen molar-refractivity contribution >= 4 is 12.4 Å². The largest absolute Gasteiger partial charge is 0.508 e. The molecule has 0 saturated carbocycles. The molecule has 2 atom stereocenters. The SMILES string of the molecule is CC(C(O)c1ccc(O)cc1)N1CCC(O)(c2ccccc2)CC1.Cl. The van der Waals surface area contributed by atoms with Gasteiger partial charge in [0, 0.05) is 19.1 Å². The monoisotopic (exact) mass is 363 g/mol. The van der Waals surface area contributed by atoms with Crippen molar-refractivity contribution in [1.29, 1.82) is 0 Å². The van der Waals surface area contributed by atoms with Crippen molar-refractivity contribution in [3.63, 3.8) is 0 Å². The first-order valence-electron chi connectivity index (χ1n) is 8.48. The van der Waals surface area contributed by atoms with Gasteiger partial charge in [-0.1, -0.05) is 42.5 Å². The van der Waals surface area contributed by atoms with E-state index >= 15 is 0 Å². The van der Waals surface area contributed by atoms with Gasteiger partial charge >= 0.3 is 0 Å². The van der Waals surface area contributed by atoms with Crippen LogP contribution >= 0.6 is 12.4 Å². The second-order valence-electron chi connectivity index (χ2n) is 6.71. The Morgan fingerprint density at radius 2 is 1.52 bits per heavy atom. The molecule has 25 heavy (non-hydrogen) atoms. The Hall–Kier alpha value is -1.59. The molecular formula is C20H26ClNO3. The predicted molar refractivity (Wildman–Crippen MR) is 101 cm³/mol. The highest BCUT2D eigenvalue weighted by Gasteiger charge is 2.36. The Kier molecular flexibility index (Phi) is 6.47. The zero-order valence-electron chi connectivity index (χ0n) is 14.4. The van der Waals surface area contributed by atoms with E-state index in [4.69, 9.17) is 0 Å². The highest BCUT2D eigenvalue weighted by Crippen LogP contribution is 2.34. The molecule has 0 spiro atoms. The van der Waals surface area contributed by atoms with E-state index in [0.29, 0.717) is 12.8 Å². The van der Waals surface area contributed by atoms with Gasteiger partial charge < -0.3 is 15.3 Å². The highest BCUT2D eigenvalue weighted by molar-refractivity contribution is 5.85. The molecule has 0 aromatic heterocycles. The molecule has 2 unspecified atom stereocenters. The Balaban J connectivity index is 0.00000225. The molecular weight excluding hydrogens is 338 g/mol. The third kappa shape index (κ3) is 4.33. The maximum Gasteiger partial charge on any atom is 0.115 e. The van der Waals surface area contributed by atoms with Gasteiger partial charge in [0.25, 0.3) is 0 Å². The van der Waals surface area contributed by atoms with Crippen molar-refractivity contribution in [1.82, 2.24) is 4.90 Å². The Morgan fingerprint density at radius 1 is 0.960 bits per heavy atom. The first-order chi connectivity index (χ1) is 11.5. The number of piperidine rings is 1. The first kappa shape index (κ1) is 19.7. The average molecular weight is 364 g/mol. The van der Waals surface area contributed by atoms with Gasteiger partial charge in [0.15, 0.2) is 0 Å². The lowest BCUT2D eigenvalue weighted by molar-refractivity contribution is -0.0501. The summed E-state index contributed by atoms with van der Waals surface area (Å²) in [5.74, 6) is 0.199. The number of likely N-dealkylation sites (tertiary alicyclic amines) is 1. The van der Waals surface area contributed by atoms with E-state index < -0.39 is 11.7 Å². The number of phenolic OH excluding ortho intramolecular Hbond substituents is 1. The van der Waals surface area contributed by atoms with Crippen LogP contribution in [0, 0.1) is 0 Å². The van der Waals surface area contributed by atoms with E-state index in [1.165, 1.54) is 0 Å². The van der Waals surface area contributed by atoms with Crippen LogP contribution < -0.4 is 0 Å². The summed E-state index contributed by atoms with van der Waals surface area (Å²) >= 11 is 0. The van der Waals surface area contributed by atoms with Gasteiger partial charge in [-0.2, -0.15) is 0 Å². The molecule has 1 fully saturated rings. The van der Waals surface area contributed by atoms with Crippen molar-refractivity contribution in [3.8, 4) is 5.75 Å². The number of halogens is 1. The normalized spacial score (nSPS) is 19.6. The second kappa shape index (κ2) is 8.19. The lowest BCUT2D eigenvalue weighted by Crippen LogP contribution is -2.47. The summed E-state index contributed by atoms with van der Waals surface area (Å²) in [7, 11) is 0. The molecule has 3 N–H and O–H groups in total. The van der Waals surface area contributed by atoms with Gasteiger partial charge in [0.1, 0.15) is 5.75 Å². The highest BCUT2D eigenvalue weighted by atomic mass is 35.5. The summed E-state index contributed by atoms with van der Waals surface area (Å²) in [6.07, 6.45) is 0.696. The smallest absolute Gasteiger partial charge is 0.115 e. The molecule has 2 aromatic rings. The molecule has 0 aliphatic carbocycles. The van der Waals surface area contributed by atoms with Crippen molar-refractivity contribution < 1.29 is 15.3 Å². The fourth-order valence-corrected chi connectivity index (χ4v) is 3.49. The second-order valence-corrected chi connectivity index (χ2v) is 6.71. The van der Waals surface area contributed by atoms with Crippen LogP contribution in [0.25, 0.3) is 0 Å². The molecule has 3 rings (SSSR count). The third-order valence-electron chi connectivity index (χ3n) is 5.20. The van der Waals surface area contributed by atoms with Gasteiger partial charge in [0.2, 0.25) is 0 Å². The van der Waals surface area contributed by atoms with Gasteiger partial charge in [-0.3, -0.25) is 4.90 Å². The van der Waals surface area contributed by atoms with E-state index in [9.17, 15) is 15.3 Å². The minimum Gasteiger partial charge on any atom is -0.508 e. The quantitative estimate of drug-likeness (QED) is 0.780. The summed E-state index contributed by atoms with van der Waals surface area (Å²) in [6, 6.07) is 16.5. The van der Waals surface area contributed by atoms with E-state index in [1.54, 1.807) is 24.3 Å². The van der Waals surface area contributed by atoms with E-state index in [0.717, 1.165) is 24.2 Å². The number of aliphatic hydroxyl groups is 2. The van der Waals surface area contributed by atoms with Crippen LogP contribution in [0.4, 0.5) is 0 Å². The van der Waals surface area contributed by atoms with Gasteiger partial charge in [-0.25, -0.2) is 0 Å². The minimum absolute atomic E-state index is 0. The number of hydrogen-bond donors (Lipinski definition) is 3. The summed E-state index contributed by atoms with van der Waals surface area (Å²) in [5.41, 5.74) is 0.988. The molecule has 0 radical (unpaired) electrons. The van der Waals surface area contributed by atoms with E-state index in [1.807, 2.05) is 37.3 Å².